The monoisotopic (exact) mass is 293 g/mol. The van der Waals surface area contributed by atoms with E-state index in [0.29, 0.717) is 17.9 Å². The summed E-state index contributed by atoms with van der Waals surface area (Å²) in [4.78, 5) is 35.6. The minimum absolute atomic E-state index is 0.208. The smallest absolute Gasteiger partial charge is 0.330 e. The zero-order chi connectivity index (χ0) is 15.4. The number of carboxylic acids is 1. The van der Waals surface area contributed by atoms with Crippen LogP contribution in [0.25, 0.3) is 0 Å². The molecule has 21 heavy (non-hydrogen) atoms. The van der Waals surface area contributed by atoms with Gasteiger partial charge in [0.1, 0.15) is 5.75 Å². The lowest BCUT2D eigenvalue weighted by atomic mass is 10.1. The van der Waals surface area contributed by atoms with E-state index in [4.69, 9.17) is 4.74 Å². The molecule has 1 aromatic carbocycles. The van der Waals surface area contributed by atoms with Gasteiger partial charge in [0, 0.05) is 13.1 Å². The maximum absolute atomic E-state index is 11.9. The largest absolute Gasteiger partial charge is 0.497 e. The Labute approximate surface area is 120 Å². The Morgan fingerprint density at radius 3 is 2.52 bits per heavy atom. The summed E-state index contributed by atoms with van der Waals surface area (Å²) in [6.45, 7) is 0.562. The summed E-state index contributed by atoms with van der Waals surface area (Å²) in [5.41, 5.74) is 0.385. The topological polar surface area (TPSA) is 108 Å². The van der Waals surface area contributed by atoms with Gasteiger partial charge in [-0.25, -0.2) is 19.3 Å². The van der Waals surface area contributed by atoms with Gasteiger partial charge in [-0.05, 0) is 17.7 Å². The number of carbonyl (C=O) groups excluding carboxylic acids is 2. The van der Waals surface area contributed by atoms with Crippen LogP contribution in [-0.4, -0.2) is 48.2 Å². The Balaban J connectivity index is 2.13. The molecule has 1 aromatic rings. The van der Waals surface area contributed by atoms with Crippen LogP contribution in [0, 0.1) is 0 Å². The molecule has 0 bridgehead atoms. The summed E-state index contributed by atoms with van der Waals surface area (Å²) in [5, 5.41) is 14.0. The number of amides is 4. The molecule has 0 radical (unpaired) electrons. The summed E-state index contributed by atoms with van der Waals surface area (Å²) >= 11 is 0. The van der Waals surface area contributed by atoms with Crippen LogP contribution in [0.2, 0.25) is 0 Å². The van der Waals surface area contributed by atoms with Crippen molar-refractivity contribution in [1.29, 1.82) is 0 Å². The van der Waals surface area contributed by atoms with Gasteiger partial charge in [0.05, 0.1) is 7.11 Å². The number of rotatable bonds is 4. The van der Waals surface area contributed by atoms with E-state index in [1.54, 1.807) is 24.3 Å². The molecule has 1 aliphatic rings. The van der Waals surface area contributed by atoms with Crippen molar-refractivity contribution in [3.63, 3.8) is 0 Å². The minimum Gasteiger partial charge on any atom is -0.497 e. The average molecular weight is 293 g/mol. The van der Waals surface area contributed by atoms with E-state index in [1.165, 1.54) is 7.11 Å². The average Bonchev–Trinajstić information content (AvgIpc) is 2.90. The van der Waals surface area contributed by atoms with E-state index in [9.17, 15) is 19.5 Å². The molecule has 0 saturated carbocycles. The number of carbonyl (C=O) groups is 3. The van der Waals surface area contributed by atoms with Crippen molar-refractivity contribution in [2.45, 2.75) is 6.04 Å². The lowest BCUT2D eigenvalue weighted by molar-refractivity contribution is -0.139. The normalized spacial score (nSPS) is 15.3. The van der Waals surface area contributed by atoms with Gasteiger partial charge in [0.15, 0.2) is 6.04 Å². The van der Waals surface area contributed by atoms with E-state index in [1.807, 2.05) is 0 Å². The standard InChI is InChI=1S/C13H15N3O5/c1-21-9-4-2-8(3-5-9)10(11(17)18)15-13(20)16-7-6-14-12(16)19/h2-5,10H,6-7H2,1H3,(H,14,19)(H,15,20)(H,17,18). The highest BCUT2D eigenvalue weighted by Crippen LogP contribution is 2.18. The Kier molecular flexibility index (Phi) is 4.27. The van der Waals surface area contributed by atoms with E-state index in [0.717, 1.165) is 4.90 Å². The van der Waals surface area contributed by atoms with Crippen molar-refractivity contribution in [3.05, 3.63) is 29.8 Å². The first-order chi connectivity index (χ1) is 10.0. The van der Waals surface area contributed by atoms with Crippen molar-refractivity contribution in [3.8, 4) is 5.75 Å². The quantitative estimate of drug-likeness (QED) is 0.751. The van der Waals surface area contributed by atoms with Gasteiger partial charge in [-0.1, -0.05) is 12.1 Å². The molecule has 3 N–H and O–H groups in total. The van der Waals surface area contributed by atoms with Gasteiger partial charge in [-0.15, -0.1) is 0 Å². The molecule has 8 nitrogen and oxygen atoms in total. The Morgan fingerprint density at radius 1 is 1.38 bits per heavy atom. The maximum atomic E-state index is 11.9. The highest BCUT2D eigenvalue weighted by atomic mass is 16.5. The molecule has 2 rings (SSSR count). The number of aliphatic carboxylic acids is 1. The van der Waals surface area contributed by atoms with Gasteiger partial charge in [-0.3, -0.25) is 0 Å². The zero-order valence-corrected chi connectivity index (χ0v) is 11.3. The third-order valence-electron chi connectivity index (χ3n) is 3.07. The highest BCUT2D eigenvalue weighted by Gasteiger charge is 2.30. The summed E-state index contributed by atoms with van der Waals surface area (Å²) < 4.78 is 4.99. The molecular formula is C13H15N3O5. The van der Waals surface area contributed by atoms with Crippen LogP contribution in [0.4, 0.5) is 9.59 Å². The predicted molar refractivity (Wildman–Crippen MR) is 72.0 cm³/mol. The highest BCUT2D eigenvalue weighted by molar-refractivity contribution is 5.96. The second-order valence-electron chi connectivity index (χ2n) is 4.38. The second-order valence-corrected chi connectivity index (χ2v) is 4.38. The predicted octanol–water partition coefficient (Wildman–Crippen LogP) is 0.556. The molecule has 0 spiro atoms. The van der Waals surface area contributed by atoms with Crippen LogP contribution in [0.5, 0.6) is 5.75 Å². The lowest BCUT2D eigenvalue weighted by Crippen LogP contribution is -2.45. The van der Waals surface area contributed by atoms with Gasteiger partial charge in [-0.2, -0.15) is 0 Å². The summed E-state index contributed by atoms with van der Waals surface area (Å²) in [6, 6.07) is 3.76. The van der Waals surface area contributed by atoms with Crippen molar-refractivity contribution in [2.75, 3.05) is 20.2 Å². The van der Waals surface area contributed by atoms with E-state index < -0.39 is 24.1 Å². The maximum Gasteiger partial charge on any atom is 0.330 e. The number of benzene rings is 1. The first-order valence-electron chi connectivity index (χ1n) is 6.25. The molecule has 1 heterocycles. The van der Waals surface area contributed by atoms with Crippen molar-refractivity contribution < 1.29 is 24.2 Å². The summed E-state index contributed by atoms with van der Waals surface area (Å²) in [6.07, 6.45) is 0. The molecule has 1 aliphatic heterocycles. The van der Waals surface area contributed by atoms with E-state index in [-0.39, 0.29) is 6.54 Å². The Bertz CT molecular complexity index is 557. The van der Waals surface area contributed by atoms with Crippen molar-refractivity contribution in [2.24, 2.45) is 0 Å². The number of ether oxygens (including phenoxy) is 1. The van der Waals surface area contributed by atoms with E-state index in [2.05, 4.69) is 10.6 Å². The molecule has 112 valence electrons. The number of methoxy groups -OCH3 is 1. The zero-order valence-electron chi connectivity index (χ0n) is 11.3. The first-order valence-corrected chi connectivity index (χ1v) is 6.25. The number of carboxylic acid groups (broad SMARTS) is 1. The number of hydrogen-bond donors (Lipinski definition) is 3. The SMILES string of the molecule is COc1ccc(C(NC(=O)N2CCNC2=O)C(=O)O)cc1. The molecule has 4 amide bonds. The van der Waals surface area contributed by atoms with Crippen LogP contribution < -0.4 is 15.4 Å². The number of nitrogens with zero attached hydrogens (tertiary/aromatic N) is 1. The lowest BCUT2D eigenvalue weighted by Gasteiger charge is -2.19. The third kappa shape index (κ3) is 3.22. The van der Waals surface area contributed by atoms with Crippen LogP contribution in [0.3, 0.4) is 0 Å². The summed E-state index contributed by atoms with van der Waals surface area (Å²) in [5.74, 6) is -0.638. The number of nitrogens with one attached hydrogen (secondary N) is 2. The fourth-order valence-electron chi connectivity index (χ4n) is 1.95. The Hall–Kier alpha value is -2.77. The minimum atomic E-state index is -1.24. The Morgan fingerprint density at radius 2 is 2.05 bits per heavy atom. The fraction of sp³-hybridized carbons (Fsp3) is 0.308. The van der Waals surface area contributed by atoms with Crippen LogP contribution in [0.15, 0.2) is 24.3 Å². The fourth-order valence-corrected chi connectivity index (χ4v) is 1.95. The van der Waals surface area contributed by atoms with E-state index >= 15 is 0 Å². The molecule has 1 fully saturated rings. The molecular weight excluding hydrogens is 278 g/mol. The van der Waals surface area contributed by atoms with Crippen molar-refractivity contribution >= 4 is 18.0 Å². The van der Waals surface area contributed by atoms with Gasteiger partial charge in [0.25, 0.3) is 0 Å². The van der Waals surface area contributed by atoms with Crippen molar-refractivity contribution in [1.82, 2.24) is 15.5 Å². The van der Waals surface area contributed by atoms with Crippen LogP contribution >= 0.6 is 0 Å². The first kappa shape index (κ1) is 14.6. The number of hydrogen-bond acceptors (Lipinski definition) is 4. The summed E-state index contributed by atoms with van der Waals surface area (Å²) in [7, 11) is 1.50. The molecule has 1 atom stereocenters. The molecule has 1 saturated heterocycles. The molecule has 1 unspecified atom stereocenters. The second kappa shape index (κ2) is 6.12. The van der Waals surface area contributed by atoms with Gasteiger partial charge < -0.3 is 20.5 Å². The van der Waals surface area contributed by atoms with Crippen LogP contribution in [0.1, 0.15) is 11.6 Å². The van der Waals surface area contributed by atoms with Gasteiger partial charge >= 0.3 is 18.0 Å². The number of urea groups is 2. The number of imide groups is 1. The molecule has 0 aromatic heterocycles. The third-order valence-corrected chi connectivity index (χ3v) is 3.07. The van der Waals surface area contributed by atoms with Crippen LogP contribution in [-0.2, 0) is 4.79 Å². The van der Waals surface area contributed by atoms with Gasteiger partial charge in [0.2, 0.25) is 0 Å². The molecule has 0 aliphatic carbocycles. The molecule has 8 heteroatoms.